The fraction of sp³-hybridized carbons (Fsp3) is 0.333. The van der Waals surface area contributed by atoms with Crippen molar-refractivity contribution in [2.45, 2.75) is 51.8 Å². The van der Waals surface area contributed by atoms with Gasteiger partial charge in [0.25, 0.3) is 5.56 Å². The molecule has 3 atom stereocenters. The first-order valence-corrected chi connectivity index (χ1v) is 11.8. The van der Waals surface area contributed by atoms with Crippen LogP contribution in [0.4, 0.5) is 13.2 Å². The van der Waals surface area contributed by atoms with E-state index in [0.29, 0.717) is 10.8 Å². The quantitative estimate of drug-likeness (QED) is 0.265. The summed E-state index contributed by atoms with van der Waals surface area (Å²) in [6, 6.07) is 0. The molecule has 0 bridgehead atoms. The second-order valence-corrected chi connectivity index (χ2v) is 8.12. The molecular formula is C27H29F3N2O7. The van der Waals surface area contributed by atoms with Crippen LogP contribution in [0.25, 0.3) is 0 Å². The lowest BCUT2D eigenvalue weighted by Crippen LogP contribution is -2.36. The van der Waals surface area contributed by atoms with Crippen molar-refractivity contribution < 1.29 is 37.0 Å². The van der Waals surface area contributed by atoms with Gasteiger partial charge in [-0.05, 0) is 32.9 Å². The highest BCUT2D eigenvalue weighted by Gasteiger charge is 2.42. The first-order chi connectivity index (χ1) is 18.5. The van der Waals surface area contributed by atoms with Gasteiger partial charge in [0.15, 0.2) is 0 Å². The highest BCUT2D eigenvalue weighted by molar-refractivity contribution is 5.92. The summed E-state index contributed by atoms with van der Waals surface area (Å²) >= 11 is 0. The van der Waals surface area contributed by atoms with Crippen molar-refractivity contribution in [3.63, 3.8) is 0 Å². The minimum atomic E-state index is -5.04. The maximum absolute atomic E-state index is 13.3. The molecule has 2 heterocycles. The van der Waals surface area contributed by atoms with Gasteiger partial charge in [0.2, 0.25) is 0 Å². The van der Waals surface area contributed by atoms with E-state index in [-0.39, 0.29) is 17.6 Å². The van der Waals surface area contributed by atoms with Gasteiger partial charge in [-0.1, -0.05) is 49.1 Å². The van der Waals surface area contributed by atoms with Gasteiger partial charge in [-0.15, -0.1) is 0 Å². The van der Waals surface area contributed by atoms with Crippen LogP contribution in [0.15, 0.2) is 88.2 Å². The SMILES string of the molecule is C=C/C=C(\C=C/C)C(=O)OCC1O[C@H](n2cc(C(F)(F)F)c(=O)[nH]c2=O)C[C@H]1OC(=O)C(/C=C\C)=C/C=C\C. The molecule has 210 valence electrons. The van der Waals surface area contributed by atoms with Crippen molar-refractivity contribution >= 4 is 11.9 Å². The fourth-order valence-electron chi connectivity index (χ4n) is 3.56. The molecule has 1 fully saturated rings. The number of hydrogen-bond acceptors (Lipinski definition) is 7. The molecule has 0 aliphatic carbocycles. The number of carbonyl (C=O) groups is 2. The predicted molar refractivity (Wildman–Crippen MR) is 136 cm³/mol. The standard InChI is InChI=1S/C27H29F3N2O7/c1-5-9-13-18(12-8-4)25(35)39-20-14-22(32-15-19(27(28,29)30)23(33)31-26(32)36)38-21(20)16-37-24(34)17(10-6-2)11-7-3/h5-13,15,20-22H,2,14,16H2,1,3-4H3,(H,31,33,36)/b9-5-,11-7-,12-8-,17-10+,18-13+/t20-,21?,22+/m1/s1. The highest BCUT2D eigenvalue weighted by Crippen LogP contribution is 2.32. The van der Waals surface area contributed by atoms with Crippen molar-refractivity contribution in [1.29, 1.82) is 0 Å². The third-order valence-electron chi connectivity index (χ3n) is 5.33. The van der Waals surface area contributed by atoms with Gasteiger partial charge in [0.1, 0.15) is 30.6 Å². The zero-order valence-corrected chi connectivity index (χ0v) is 21.6. The Bertz CT molecular complexity index is 1330. The van der Waals surface area contributed by atoms with Gasteiger partial charge in [-0.25, -0.2) is 14.4 Å². The van der Waals surface area contributed by atoms with Crippen LogP contribution in [0.1, 0.15) is 39.0 Å². The largest absolute Gasteiger partial charge is 0.459 e. The summed E-state index contributed by atoms with van der Waals surface area (Å²) in [6.45, 7) is 8.19. The van der Waals surface area contributed by atoms with Crippen molar-refractivity contribution in [2.75, 3.05) is 6.61 Å². The van der Waals surface area contributed by atoms with Crippen LogP contribution < -0.4 is 11.2 Å². The molecule has 1 unspecified atom stereocenters. The number of alkyl halides is 3. The molecule has 2 rings (SSSR count). The zero-order chi connectivity index (χ0) is 29.2. The lowest BCUT2D eigenvalue weighted by atomic mass is 10.1. The molecule has 12 heteroatoms. The summed E-state index contributed by atoms with van der Waals surface area (Å²) in [5.74, 6) is -1.53. The summed E-state index contributed by atoms with van der Waals surface area (Å²) in [7, 11) is 0. The number of esters is 2. The molecule has 39 heavy (non-hydrogen) atoms. The maximum Gasteiger partial charge on any atom is 0.423 e. The normalized spacial score (nSPS) is 20.7. The molecular weight excluding hydrogens is 521 g/mol. The Labute approximate surface area is 222 Å². The van der Waals surface area contributed by atoms with Crippen molar-refractivity contribution in [2.24, 2.45) is 0 Å². The second-order valence-electron chi connectivity index (χ2n) is 8.12. The summed E-state index contributed by atoms with van der Waals surface area (Å²) in [4.78, 5) is 51.1. The number of ether oxygens (including phenoxy) is 3. The molecule has 0 radical (unpaired) electrons. The first kappa shape index (κ1) is 31.0. The van der Waals surface area contributed by atoms with Gasteiger partial charge >= 0.3 is 23.8 Å². The molecule has 1 aromatic heterocycles. The molecule has 1 aromatic rings. The van der Waals surface area contributed by atoms with Crippen molar-refractivity contribution in [1.82, 2.24) is 9.55 Å². The van der Waals surface area contributed by atoms with Crippen LogP contribution in [0.3, 0.4) is 0 Å². The molecule has 1 saturated heterocycles. The zero-order valence-electron chi connectivity index (χ0n) is 21.6. The fourth-order valence-corrected chi connectivity index (χ4v) is 3.56. The Hall–Kier alpha value is -4.19. The first-order valence-electron chi connectivity index (χ1n) is 11.8. The number of aromatic amines is 1. The minimum Gasteiger partial charge on any atom is -0.459 e. The number of nitrogens with zero attached hydrogens (tertiary/aromatic N) is 1. The Morgan fingerprint density at radius 1 is 1.10 bits per heavy atom. The van der Waals surface area contributed by atoms with E-state index in [4.69, 9.17) is 14.2 Å². The average Bonchev–Trinajstić information content (AvgIpc) is 3.26. The van der Waals surface area contributed by atoms with Gasteiger partial charge in [-0.3, -0.25) is 14.3 Å². The van der Waals surface area contributed by atoms with Gasteiger partial charge in [-0.2, -0.15) is 13.2 Å². The second kappa shape index (κ2) is 14.1. The molecule has 0 amide bonds. The van der Waals surface area contributed by atoms with E-state index in [1.165, 1.54) is 30.4 Å². The summed E-state index contributed by atoms with van der Waals surface area (Å²) in [6.07, 6.45) is 5.14. The number of hydrogen-bond donors (Lipinski definition) is 1. The van der Waals surface area contributed by atoms with E-state index in [1.807, 2.05) is 0 Å². The third-order valence-corrected chi connectivity index (χ3v) is 5.33. The molecule has 0 saturated carbocycles. The van der Waals surface area contributed by atoms with Crippen LogP contribution in [0.2, 0.25) is 0 Å². The number of allylic oxidation sites excluding steroid dienone is 7. The minimum absolute atomic E-state index is 0.159. The number of rotatable bonds is 10. The van der Waals surface area contributed by atoms with Crippen molar-refractivity contribution in [3.8, 4) is 0 Å². The molecule has 1 aliphatic heterocycles. The van der Waals surface area contributed by atoms with E-state index in [9.17, 15) is 32.3 Å². The van der Waals surface area contributed by atoms with Crippen molar-refractivity contribution in [3.05, 3.63) is 105 Å². The van der Waals surface area contributed by atoms with Gasteiger partial charge in [0, 0.05) is 12.6 Å². The molecule has 1 aliphatic rings. The number of aromatic nitrogens is 2. The van der Waals surface area contributed by atoms with Crippen LogP contribution in [0, 0.1) is 0 Å². The van der Waals surface area contributed by atoms with E-state index in [1.54, 1.807) is 50.1 Å². The van der Waals surface area contributed by atoms with Gasteiger partial charge < -0.3 is 14.2 Å². The molecule has 0 spiro atoms. The molecule has 0 aromatic carbocycles. The maximum atomic E-state index is 13.3. The monoisotopic (exact) mass is 550 g/mol. The Morgan fingerprint density at radius 3 is 2.31 bits per heavy atom. The number of halogens is 3. The number of H-pyrrole nitrogens is 1. The predicted octanol–water partition coefficient (Wildman–Crippen LogP) is 4.07. The van der Waals surface area contributed by atoms with Crippen LogP contribution >= 0.6 is 0 Å². The third kappa shape index (κ3) is 8.40. The summed E-state index contributed by atoms with van der Waals surface area (Å²) < 4.78 is 57.1. The Kier molecular flexibility index (Phi) is 11.2. The van der Waals surface area contributed by atoms with E-state index >= 15 is 0 Å². The summed E-state index contributed by atoms with van der Waals surface area (Å²) in [5, 5.41) is 0. The van der Waals surface area contributed by atoms with Crippen LogP contribution in [0.5, 0.6) is 0 Å². The Balaban J connectivity index is 2.41. The van der Waals surface area contributed by atoms with Crippen LogP contribution in [-0.4, -0.2) is 40.3 Å². The molecule has 9 nitrogen and oxygen atoms in total. The number of nitrogens with one attached hydrogen (secondary N) is 1. The van der Waals surface area contributed by atoms with E-state index < -0.39 is 60.0 Å². The smallest absolute Gasteiger partial charge is 0.423 e. The van der Waals surface area contributed by atoms with E-state index in [2.05, 4.69) is 6.58 Å². The van der Waals surface area contributed by atoms with Gasteiger partial charge in [0.05, 0.1) is 11.1 Å². The summed E-state index contributed by atoms with van der Waals surface area (Å²) in [5.41, 5.74) is -4.05. The highest BCUT2D eigenvalue weighted by atomic mass is 19.4. The Morgan fingerprint density at radius 2 is 1.74 bits per heavy atom. The van der Waals surface area contributed by atoms with Crippen LogP contribution in [-0.2, 0) is 30.0 Å². The average molecular weight is 551 g/mol. The topological polar surface area (TPSA) is 117 Å². The molecule has 1 N–H and O–H groups in total. The number of carbonyl (C=O) groups excluding carboxylic acids is 2. The lowest BCUT2D eigenvalue weighted by Gasteiger charge is -2.19. The lowest BCUT2D eigenvalue weighted by molar-refractivity contribution is -0.153. The van der Waals surface area contributed by atoms with E-state index in [0.717, 1.165) is 0 Å².